The van der Waals surface area contributed by atoms with Crippen molar-refractivity contribution in [3.63, 3.8) is 0 Å². The lowest BCUT2D eigenvalue weighted by atomic mass is 10.3. The van der Waals surface area contributed by atoms with Crippen molar-refractivity contribution in [3.05, 3.63) is 24.2 Å². The Hall–Kier alpha value is -1.58. The van der Waals surface area contributed by atoms with E-state index in [0.29, 0.717) is 11.2 Å². The third-order valence-corrected chi connectivity index (χ3v) is 1.52. The molecule has 4 heteroatoms. The molecule has 56 valence electrons. The number of imidazole rings is 1. The summed E-state index contributed by atoms with van der Waals surface area (Å²) in [5.41, 5.74) is 2.22. The number of hydrogen-bond acceptors (Lipinski definition) is 3. The molecule has 11 heavy (non-hydrogen) atoms. The van der Waals surface area contributed by atoms with Gasteiger partial charge in [0.2, 0.25) is 0 Å². The summed E-state index contributed by atoms with van der Waals surface area (Å²) in [6.07, 6.45) is 3.05. The van der Waals surface area contributed by atoms with Crippen LogP contribution in [0.1, 0.15) is 5.56 Å². The van der Waals surface area contributed by atoms with Crippen molar-refractivity contribution in [1.29, 1.82) is 0 Å². The largest absolute Gasteiger partial charge is 0.427 e. The van der Waals surface area contributed by atoms with Crippen LogP contribution in [0, 0.1) is 6.92 Å². The van der Waals surface area contributed by atoms with Crippen LogP contribution in [0.25, 0.3) is 11.2 Å². The van der Waals surface area contributed by atoms with Gasteiger partial charge in [0.25, 0.3) is 0 Å². The normalized spacial score (nSPS) is 10.6. The summed E-state index contributed by atoms with van der Waals surface area (Å²) in [7, 11) is 0. The molecule has 0 aliphatic rings. The van der Waals surface area contributed by atoms with Crippen molar-refractivity contribution in [1.82, 2.24) is 14.7 Å². The van der Waals surface area contributed by atoms with Crippen LogP contribution in [-0.2, 0) is 0 Å². The Labute approximate surface area is 63.1 Å². The first-order valence-corrected chi connectivity index (χ1v) is 3.26. The van der Waals surface area contributed by atoms with Gasteiger partial charge in [-0.05, 0) is 18.6 Å². The molecule has 0 atom stereocenters. The maximum absolute atomic E-state index is 9.15. The van der Waals surface area contributed by atoms with Crippen molar-refractivity contribution in [2.45, 2.75) is 6.92 Å². The predicted octanol–water partition coefficient (Wildman–Crippen LogP) is 0.977. The van der Waals surface area contributed by atoms with Gasteiger partial charge in [0.05, 0.1) is 0 Å². The molecular formula is C7H7N3O. The van der Waals surface area contributed by atoms with E-state index < -0.39 is 0 Å². The number of hydrogen-bond donors (Lipinski definition) is 1. The van der Waals surface area contributed by atoms with E-state index >= 15 is 0 Å². The van der Waals surface area contributed by atoms with Crippen LogP contribution < -0.4 is 0 Å². The first-order chi connectivity index (χ1) is 5.27. The summed E-state index contributed by atoms with van der Waals surface area (Å²) in [6, 6.07) is 1.83. The standard InChI is InChI=1S/C7H7N3O/c1-5-2-6-7(8-3-5)9-4-10(6)11/h2-4,11H,1H3. The lowest BCUT2D eigenvalue weighted by Crippen LogP contribution is -1.87. The molecule has 0 amide bonds. The fourth-order valence-corrected chi connectivity index (χ4v) is 0.986. The van der Waals surface area contributed by atoms with Gasteiger partial charge in [0.1, 0.15) is 11.8 Å². The maximum atomic E-state index is 9.15. The zero-order chi connectivity index (χ0) is 7.84. The van der Waals surface area contributed by atoms with E-state index in [-0.39, 0.29) is 0 Å². The van der Waals surface area contributed by atoms with E-state index in [0.717, 1.165) is 10.3 Å². The smallest absolute Gasteiger partial charge is 0.181 e. The highest BCUT2D eigenvalue weighted by molar-refractivity contribution is 5.70. The highest BCUT2D eigenvalue weighted by Crippen LogP contribution is 2.08. The highest BCUT2D eigenvalue weighted by atomic mass is 16.5. The topological polar surface area (TPSA) is 50.9 Å². The van der Waals surface area contributed by atoms with Crippen molar-refractivity contribution < 1.29 is 5.21 Å². The van der Waals surface area contributed by atoms with E-state index in [1.807, 2.05) is 13.0 Å². The van der Waals surface area contributed by atoms with E-state index in [1.54, 1.807) is 6.20 Å². The van der Waals surface area contributed by atoms with Gasteiger partial charge in [0, 0.05) is 6.20 Å². The average Bonchev–Trinajstić information content (AvgIpc) is 2.33. The minimum absolute atomic E-state index is 0.568. The molecule has 4 nitrogen and oxygen atoms in total. The van der Waals surface area contributed by atoms with E-state index in [1.165, 1.54) is 6.33 Å². The minimum Gasteiger partial charge on any atom is -0.427 e. The van der Waals surface area contributed by atoms with Gasteiger partial charge in [-0.1, -0.05) is 0 Å². The quantitative estimate of drug-likeness (QED) is 0.568. The summed E-state index contributed by atoms with van der Waals surface area (Å²) in [6.45, 7) is 1.92. The molecule has 0 unspecified atom stereocenters. The van der Waals surface area contributed by atoms with Crippen LogP contribution in [0.2, 0.25) is 0 Å². The monoisotopic (exact) mass is 149 g/mol. The molecule has 1 N–H and O–H groups in total. The molecule has 0 saturated heterocycles. The van der Waals surface area contributed by atoms with Crippen LogP contribution >= 0.6 is 0 Å². The molecule has 0 saturated carbocycles. The van der Waals surface area contributed by atoms with Crippen LogP contribution in [0.5, 0.6) is 0 Å². The van der Waals surface area contributed by atoms with Crippen LogP contribution in [0.3, 0.4) is 0 Å². The molecule has 2 rings (SSSR count). The number of fused-ring (bicyclic) bond motifs is 1. The Morgan fingerprint density at radius 3 is 3.09 bits per heavy atom. The van der Waals surface area contributed by atoms with E-state index in [9.17, 15) is 0 Å². The third kappa shape index (κ3) is 0.832. The molecule has 2 aromatic heterocycles. The summed E-state index contributed by atoms with van der Waals surface area (Å²) < 4.78 is 0.968. The van der Waals surface area contributed by atoms with Crippen molar-refractivity contribution >= 4 is 11.2 Å². The molecular weight excluding hydrogens is 142 g/mol. The average molecular weight is 149 g/mol. The second kappa shape index (κ2) is 1.95. The SMILES string of the molecule is Cc1cnc2ncn(O)c2c1. The highest BCUT2D eigenvalue weighted by Gasteiger charge is 2.00. The lowest BCUT2D eigenvalue weighted by Gasteiger charge is -1.92. The fourth-order valence-electron chi connectivity index (χ4n) is 0.986. The molecule has 0 aromatic carbocycles. The number of pyridine rings is 1. The molecule has 0 radical (unpaired) electrons. The van der Waals surface area contributed by atoms with Crippen molar-refractivity contribution in [2.24, 2.45) is 0 Å². The van der Waals surface area contributed by atoms with Gasteiger partial charge in [-0.2, -0.15) is 4.73 Å². The van der Waals surface area contributed by atoms with Crippen molar-refractivity contribution in [3.8, 4) is 0 Å². The zero-order valence-electron chi connectivity index (χ0n) is 6.02. The third-order valence-electron chi connectivity index (χ3n) is 1.52. The first-order valence-electron chi connectivity index (χ1n) is 3.26. The first kappa shape index (κ1) is 6.15. The maximum Gasteiger partial charge on any atom is 0.181 e. The van der Waals surface area contributed by atoms with Crippen LogP contribution in [0.4, 0.5) is 0 Å². The van der Waals surface area contributed by atoms with Gasteiger partial charge in [-0.15, -0.1) is 0 Å². The molecule has 0 bridgehead atoms. The number of aryl methyl sites for hydroxylation is 1. The molecule has 2 heterocycles. The van der Waals surface area contributed by atoms with Gasteiger partial charge in [-0.3, -0.25) is 0 Å². The zero-order valence-corrected chi connectivity index (χ0v) is 6.02. The number of rotatable bonds is 0. The number of nitrogens with zero attached hydrogens (tertiary/aromatic N) is 3. The Morgan fingerprint density at radius 2 is 2.27 bits per heavy atom. The van der Waals surface area contributed by atoms with Crippen LogP contribution in [-0.4, -0.2) is 19.9 Å². The van der Waals surface area contributed by atoms with Gasteiger partial charge in [0.15, 0.2) is 5.65 Å². The molecule has 0 aliphatic carbocycles. The Bertz CT molecular complexity index is 393. The summed E-state index contributed by atoms with van der Waals surface area (Å²) in [4.78, 5) is 7.87. The predicted molar refractivity (Wildman–Crippen MR) is 39.4 cm³/mol. The summed E-state index contributed by atoms with van der Waals surface area (Å²) in [5.74, 6) is 0. The molecule has 0 fully saturated rings. The Kier molecular flexibility index (Phi) is 1.09. The summed E-state index contributed by atoms with van der Waals surface area (Å²) in [5, 5.41) is 9.15. The van der Waals surface area contributed by atoms with Crippen LogP contribution in [0.15, 0.2) is 18.6 Å². The second-order valence-corrected chi connectivity index (χ2v) is 2.44. The number of aromatic nitrogens is 3. The van der Waals surface area contributed by atoms with E-state index in [2.05, 4.69) is 9.97 Å². The van der Waals surface area contributed by atoms with Gasteiger partial charge >= 0.3 is 0 Å². The van der Waals surface area contributed by atoms with Gasteiger partial charge < -0.3 is 5.21 Å². The Morgan fingerprint density at radius 1 is 1.45 bits per heavy atom. The molecule has 2 aromatic rings. The van der Waals surface area contributed by atoms with Gasteiger partial charge in [-0.25, -0.2) is 9.97 Å². The van der Waals surface area contributed by atoms with E-state index in [4.69, 9.17) is 5.21 Å². The Balaban J connectivity index is 2.87. The summed E-state index contributed by atoms with van der Waals surface area (Å²) >= 11 is 0. The minimum atomic E-state index is 0.568. The lowest BCUT2D eigenvalue weighted by molar-refractivity contribution is 0.198. The molecule has 0 aliphatic heterocycles. The van der Waals surface area contributed by atoms with Crippen molar-refractivity contribution in [2.75, 3.05) is 0 Å². The fraction of sp³-hybridized carbons (Fsp3) is 0.143. The molecule has 0 spiro atoms. The second-order valence-electron chi connectivity index (χ2n) is 2.44.